The van der Waals surface area contributed by atoms with Crippen molar-refractivity contribution in [2.24, 2.45) is 0 Å². The summed E-state index contributed by atoms with van der Waals surface area (Å²) in [6.07, 6.45) is -0.573. The lowest BCUT2D eigenvalue weighted by Crippen LogP contribution is -2.41. The van der Waals surface area contributed by atoms with Crippen LogP contribution in [0.25, 0.3) is 0 Å². The fourth-order valence-corrected chi connectivity index (χ4v) is 1.43. The van der Waals surface area contributed by atoms with E-state index < -0.39 is 23.6 Å². The van der Waals surface area contributed by atoms with Crippen LogP contribution in [0.15, 0.2) is 0 Å². The van der Waals surface area contributed by atoms with Crippen LogP contribution < -0.4 is 0 Å². The summed E-state index contributed by atoms with van der Waals surface area (Å²) in [6.45, 7) is 5.51. The molecule has 128 valence electrons. The highest BCUT2D eigenvalue weighted by atomic mass is 32.1. The molecule has 0 saturated carbocycles. The molecule has 9 heteroatoms. The number of nitrogens with zero attached hydrogens (tertiary/aromatic N) is 1. The van der Waals surface area contributed by atoms with Gasteiger partial charge in [-0.3, -0.25) is 9.59 Å². The number of hydrogen-bond acceptors (Lipinski definition) is 8. The maximum Gasteiger partial charge on any atom is 0.410 e. The molecule has 0 aliphatic rings. The Bertz CT molecular complexity index is 361. The second-order valence-electron chi connectivity index (χ2n) is 5.22. The van der Waals surface area contributed by atoms with Crippen LogP contribution in [0.2, 0.25) is 0 Å². The van der Waals surface area contributed by atoms with Gasteiger partial charge in [-0.1, -0.05) is 0 Å². The van der Waals surface area contributed by atoms with Gasteiger partial charge in [0, 0.05) is 0 Å². The van der Waals surface area contributed by atoms with Crippen molar-refractivity contribution >= 4 is 43.3 Å². The van der Waals surface area contributed by atoms with E-state index in [1.54, 1.807) is 20.8 Å². The minimum absolute atomic E-state index is 0.0130. The summed E-state index contributed by atoms with van der Waals surface area (Å²) in [5.74, 6) is -1.03. The highest BCUT2D eigenvalue weighted by Crippen LogP contribution is 2.10. The Kier molecular flexibility index (Phi) is 10.1. The standard InChI is InChI=1S/C13H23NO6S2/c1-13(2,3)20-12(17)14(4-6-18-10(15)8-21)5-7-19-11(16)9-22/h21-22H,4-9H2,1-3H3. The van der Waals surface area contributed by atoms with Crippen LogP contribution in [-0.2, 0) is 23.8 Å². The Morgan fingerprint density at radius 1 is 0.909 bits per heavy atom. The molecule has 0 heterocycles. The third kappa shape index (κ3) is 10.6. The minimum Gasteiger partial charge on any atom is -0.463 e. The normalized spacial score (nSPS) is 10.8. The highest BCUT2D eigenvalue weighted by Gasteiger charge is 2.22. The predicted molar refractivity (Wildman–Crippen MR) is 87.4 cm³/mol. The first-order chi connectivity index (χ1) is 10.2. The first-order valence-electron chi connectivity index (χ1n) is 6.70. The third-order valence-electron chi connectivity index (χ3n) is 2.16. The molecule has 0 aromatic carbocycles. The summed E-state index contributed by atoms with van der Waals surface area (Å²) in [6, 6.07) is 0. The fraction of sp³-hybridized carbons (Fsp3) is 0.769. The number of carbonyl (C=O) groups is 3. The van der Waals surface area contributed by atoms with Crippen LogP contribution in [0, 0.1) is 0 Å². The molecule has 22 heavy (non-hydrogen) atoms. The average Bonchev–Trinajstić information content (AvgIpc) is 2.43. The van der Waals surface area contributed by atoms with E-state index in [4.69, 9.17) is 14.2 Å². The number of carbonyl (C=O) groups excluding carboxylic acids is 3. The lowest BCUT2D eigenvalue weighted by molar-refractivity contribution is -0.141. The van der Waals surface area contributed by atoms with Crippen LogP contribution in [0.5, 0.6) is 0 Å². The Labute approximate surface area is 141 Å². The zero-order chi connectivity index (χ0) is 17.2. The maximum atomic E-state index is 12.0. The Hall–Kier alpha value is -1.09. The number of thiol groups is 2. The lowest BCUT2D eigenvalue weighted by Gasteiger charge is -2.27. The zero-order valence-corrected chi connectivity index (χ0v) is 14.8. The van der Waals surface area contributed by atoms with E-state index in [9.17, 15) is 14.4 Å². The van der Waals surface area contributed by atoms with Crippen molar-refractivity contribution in [3.63, 3.8) is 0 Å². The van der Waals surface area contributed by atoms with E-state index in [1.807, 2.05) is 0 Å². The van der Waals surface area contributed by atoms with Gasteiger partial charge in [-0.25, -0.2) is 4.79 Å². The largest absolute Gasteiger partial charge is 0.463 e. The SMILES string of the molecule is CC(C)(C)OC(=O)N(CCOC(=O)CS)CCOC(=O)CS. The Morgan fingerprint density at radius 3 is 1.64 bits per heavy atom. The highest BCUT2D eigenvalue weighted by molar-refractivity contribution is 7.81. The van der Waals surface area contributed by atoms with Crippen molar-refractivity contribution in [1.29, 1.82) is 0 Å². The van der Waals surface area contributed by atoms with Gasteiger partial charge in [0.05, 0.1) is 24.6 Å². The van der Waals surface area contributed by atoms with E-state index in [-0.39, 0.29) is 37.8 Å². The summed E-state index contributed by atoms with van der Waals surface area (Å²) in [5, 5.41) is 0. The van der Waals surface area contributed by atoms with E-state index in [2.05, 4.69) is 25.3 Å². The number of amides is 1. The number of hydrogen-bond donors (Lipinski definition) is 2. The molecule has 0 aromatic rings. The molecule has 1 amide bonds. The Morgan fingerprint density at radius 2 is 1.32 bits per heavy atom. The predicted octanol–water partition coefficient (Wildman–Crippen LogP) is 1.17. The van der Waals surface area contributed by atoms with Crippen LogP contribution in [-0.4, -0.2) is 66.3 Å². The molecular weight excluding hydrogens is 330 g/mol. The summed E-state index contributed by atoms with van der Waals surface area (Å²) in [7, 11) is 0. The van der Waals surface area contributed by atoms with Crippen molar-refractivity contribution < 1.29 is 28.6 Å². The van der Waals surface area contributed by atoms with Crippen molar-refractivity contribution in [2.45, 2.75) is 26.4 Å². The monoisotopic (exact) mass is 353 g/mol. The summed E-state index contributed by atoms with van der Waals surface area (Å²) in [5.41, 5.74) is -0.654. The van der Waals surface area contributed by atoms with E-state index >= 15 is 0 Å². The summed E-state index contributed by atoms with van der Waals surface area (Å²) >= 11 is 7.56. The van der Waals surface area contributed by atoms with Crippen molar-refractivity contribution in [3.05, 3.63) is 0 Å². The van der Waals surface area contributed by atoms with Crippen LogP contribution >= 0.6 is 25.3 Å². The molecule has 0 unspecified atom stereocenters. The molecule has 0 N–H and O–H groups in total. The molecule has 0 aliphatic heterocycles. The fourth-order valence-electron chi connectivity index (χ4n) is 1.25. The van der Waals surface area contributed by atoms with Gasteiger partial charge in [-0.05, 0) is 20.8 Å². The smallest absolute Gasteiger partial charge is 0.410 e. The van der Waals surface area contributed by atoms with Gasteiger partial charge in [-0.15, -0.1) is 0 Å². The van der Waals surface area contributed by atoms with E-state index in [0.29, 0.717) is 0 Å². The second kappa shape index (κ2) is 10.6. The van der Waals surface area contributed by atoms with Gasteiger partial charge in [0.15, 0.2) is 0 Å². The van der Waals surface area contributed by atoms with Gasteiger partial charge in [0.2, 0.25) is 0 Å². The summed E-state index contributed by atoms with van der Waals surface area (Å²) in [4.78, 5) is 35.4. The molecular formula is C13H23NO6S2. The molecule has 0 saturated heterocycles. The molecule has 0 radical (unpaired) electrons. The lowest BCUT2D eigenvalue weighted by atomic mass is 10.2. The molecule has 0 aromatic heterocycles. The number of esters is 2. The molecule has 0 aliphatic carbocycles. The molecule has 0 rings (SSSR count). The molecule has 0 atom stereocenters. The minimum atomic E-state index is -0.654. The second-order valence-corrected chi connectivity index (χ2v) is 5.86. The topological polar surface area (TPSA) is 82.1 Å². The number of rotatable bonds is 8. The molecule has 0 bridgehead atoms. The average molecular weight is 353 g/mol. The zero-order valence-electron chi connectivity index (χ0n) is 13.0. The number of ether oxygens (including phenoxy) is 3. The van der Waals surface area contributed by atoms with Crippen LogP contribution in [0.3, 0.4) is 0 Å². The molecule has 0 fully saturated rings. The van der Waals surface area contributed by atoms with Crippen molar-refractivity contribution in [2.75, 3.05) is 37.8 Å². The van der Waals surface area contributed by atoms with Crippen LogP contribution in [0.1, 0.15) is 20.8 Å². The van der Waals surface area contributed by atoms with Crippen molar-refractivity contribution in [3.8, 4) is 0 Å². The van der Waals surface area contributed by atoms with Crippen LogP contribution in [0.4, 0.5) is 4.79 Å². The first-order valence-corrected chi connectivity index (χ1v) is 7.97. The third-order valence-corrected chi connectivity index (χ3v) is 2.67. The van der Waals surface area contributed by atoms with Gasteiger partial charge < -0.3 is 19.1 Å². The van der Waals surface area contributed by atoms with Gasteiger partial charge in [-0.2, -0.15) is 25.3 Å². The first kappa shape index (κ1) is 20.9. The quantitative estimate of drug-likeness (QED) is 0.387. The molecule has 0 spiro atoms. The van der Waals surface area contributed by atoms with E-state index in [1.165, 1.54) is 4.90 Å². The summed E-state index contributed by atoms with van der Waals surface area (Å²) < 4.78 is 15.0. The maximum absolute atomic E-state index is 12.0. The van der Waals surface area contributed by atoms with E-state index in [0.717, 1.165) is 0 Å². The molecule has 7 nitrogen and oxygen atoms in total. The van der Waals surface area contributed by atoms with Gasteiger partial charge in [0.1, 0.15) is 18.8 Å². The van der Waals surface area contributed by atoms with Gasteiger partial charge >= 0.3 is 18.0 Å². The van der Waals surface area contributed by atoms with Crippen molar-refractivity contribution in [1.82, 2.24) is 4.90 Å². The van der Waals surface area contributed by atoms with Gasteiger partial charge in [0.25, 0.3) is 0 Å². The Balaban J connectivity index is 4.45.